The second kappa shape index (κ2) is 20.2. The topological polar surface area (TPSA) is 49.4 Å². The predicted octanol–water partition coefficient (Wildman–Crippen LogP) is 7.75. The van der Waals surface area contributed by atoms with Gasteiger partial charge < -0.3 is 12.7 Å². The van der Waals surface area contributed by atoms with E-state index in [2.05, 4.69) is 109 Å². The minimum absolute atomic E-state index is 0. The number of allylic oxidation sites excluding steroid dienone is 1. The predicted molar refractivity (Wildman–Crippen MR) is 205 cm³/mol. The summed E-state index contributed by atoms with van der Waals surface area (Å²) < 4.78 is 0. The van der Waals surface area contributed by atoms with Gasteiger partial charge in [-0.05, 0) is 53.2 Å². The summed E-state index contributed by atoms with van der Waals surface area (Å²) >= 11 is 3.21. The Hall–Kier alpha value is -2.34. The fraction of sp³-hybridized carbons (Fsp3) is 0.231. The number of benzene rings is 4. The van der Waals surface area contributed by atoms with Crippen LogP contribution in [0.25, 0.3) is 0 Å². The average Bonchev–Trinajstić information content (AvgIpc) is 3.12. The minimum atomic E-state index is -2.18. The fourth-order valence-electron chi connectivity index (χ4n) is 5.46. The molecular weight excluding hydrogens is 712 g/mol. The molecule has 4 nitrogen and oxygen atoms in total. The molecule has 4 aromatic carbocycles. The van der Waals surface area contributed by atoms with Gasteiger partial charge in [-0.1, -0.05) is 137 Å². The first kappa shape index (κ1) is 40.8. The molecule has 2 atom stereocenters. The third kappa shape index (κ3) is 9.22. The van der Waals surface area contributed by atoms with Crippen molar-refractivity contribution in [1.82, 2.24) is 10.2 Å². The summed E-state index contributed by atoms with van der Waals surface area (Å²) in [5.74, 6) is 3.38. The zero-order chi connectivity index (χ0) is 32.2. The summed E-state index contributed by atoms with van der Waals surface area (Å²) in [6.07, 6.45) is 0. The van der Waals surface area contributed by atoms with Crippen LogP contribution in [0.1, 0.15) is 34.6 Å². The summed E-state index contributed by atoms with van der Waals surface area (Å²) in [5.41, 5.74) is 2.16. The summed E-state index contributed by atoms with van der Waals surface area (Å²) in [6.45, 7) is 7.87. The molecular formula is C39H46N2O2PS2Y-. The third-order valence-corrected chi connectivity index (χ3v) is 13.9. The number of hydrogen-bond acceptors (Lipinski definition) is 4. The standard InChI is InChI=1S/C34H31N2O2PS2.2C2H6.CH3.Y/c1-25-26(23-41-34-32(33(38)36(25)34)35-31(37)24-40-30-20-12-5-13-21-30)22-39(27-14-6-2-7-15-27,28-16-8-3-9-17-28)29-18-10-4-11-19-29;2*1-2;;/h2-22,32,34H,23-24H2,1H3,(H,35,37);2*1-2H3;1H3;/q;;;-1;. The van der Waals surface area contributed by atoms with Crippen molar-refractivity contribution in [3.8, 4) is 0 Å². The van der Waals surface area contributed by atoms with Gasteiger partial charge in [0.2, 0.25) is 5.91 Å². The maximum atomic E-state index is 13.4. The van der Waals surface area contributed by atoms with E-state index in [-0.39, 0.29) is 63.1 Å². The van der Waals surface area contributed by atoms with Crippen molar-refractivity contribution in [1.29, 1.82) is 0 Å². The van der Waals surface area contributed by atoms with Gasteiger partial charge in [0.1, 0.15) is 11.4 Å². The molecule has 1 radical (unpaired) electrons. The maximum Gasteiger partial charge on any atom is 0.253 e. The molecule has 2 aliphatic rings. The normalized spacial score (nSPS) is 16.3. The Kier molecular flexibility index (Phi) is 17.6. The largest absolute Gasteiger partial charge is 0.358 e. The van der Waals surface area contributed by atoms with Crippen molar-refractivity contribution in [2.24, 2.45) is 0 Å². The van der Waals surface area contributed by atoms with Gasteiger partial charge in [0, 0.05) is 49.1 Å². The zero-order valence-corrected chi connectivity index (χ0v) is 33.7. The molecule has 245 valence electrons. The van der Waals surface area contributed by atoms with Crippen molar-refractivity contribution in [3.63, 3.8) is 0 Å². The van der Waals surface area contributed by atoms with Crippen LogP contribution >= 0.6 is 30.4 Å². The Bertz CT molecular complexity index is 1530. The van der Waals surface area contributed by atoms with Gasteiger partial charge in [-0.2, -0.15) is 0 Å². The molecule has 0 saturated carbocycles. The van der Waals surface area contributed by atoms with Crippen molar-refractivity contribution in [2.75, 3.05) is 11.5 Å². The van der Waals surface area contributed by atoms with E-state index in [1.807, 2.05) is 62.9 Å². The molecule has 1 N–H and O–H groups in total. The van der Waals surface area contributed by atoms with E-state index in [1.165, 1.54) is 33.2 Å². The average molecular weight is 759 g/mol. The Labute approximate surface area is 316 Å². The first-order valence-electron chi connectivity index (χ1n) is 15.6. The van der Waals surface area contributed by atoms with Crippen molar-refractivity contribution >= 4 is 63.9 Å². The quantitative estimate of drug-likeness (QED) is 0.0865. The fourth-order valence-corrected chi connectivity index (χ4v) is 11.8. The number of carbonyl (C=O) groups excluding carboxylic acids is 2. The van der Waals surface area contributed by atoms with Crippen LogP contribution in [0.2, 0.25) is 0 Å². The van der Waals surface area contributed by atoms with Crippen molar-refractivity contribution in [2.45, 2.75) is 50.9 Å². The van der Waals surface area contributed by atoms with E-state index < -0.39 is 12.9 Å². The number of thioether (sulfide) groups is 2. The van der Waals surface area contributed by atoms with Gasteiger partial charge in [0.15, 0.2) is 0 Å². The van der Waals surface area contributed by atoms with Gasteiger partial charge in [0.05, 0.1) is 5.75 Å². The second-order valence-corrected chi connectivity index (χ2v) is 15.4. The van der Waals surface area contributed by atoms with E-state index in [0.717, 1.165) is 16.3 Å². The molecule has 0 aliphatic carbocycles. The molecule has 4 aromatic rings. The van der Waals surface area contributed by atoms with E-state index in [0.29, 0.717) is 0 Å². The molecule has 47 heavy (non-hydrogen) atoms. The molecule has 0 spiro atoms. The molecule has 2 aliphatic heterocycles. The summed E-state index contributed by atoms with van der Waals surface area (Å²) in [5, 5.41) is 6.75. The first-order valence-corrected chi connectivity index (χ1v) is 19.5. The van der Waals surface area contributed by atoms with E-state index in [4.69, 9.17) is 0 Å². The van der Waals surface area contributed by atoms with Crippen molar-refractivity contribution < 1.29 is 42.3 Å². The van der Waals surface area contributed by atoms with Crippen LogP contribution in [0.3, 0.4) is 0 Å². The van der Waals surface area contributed by atoms with Gasteiger partial charge in [-0.15, -0.1) is 23.5 Å². The SMILES string of the molecule is CC.CC.CC1=C(C=P(c2ccccc2)(c2ccccc2)c2ccccc2)CSC2C(NC(=O)CSc3ccccc3)C(=O)N12.[CH3-].[Y]. The number of carbonyl (C=O) groups is 2. The van der Waals surface area contributed by atoms with Gasteiger partial charge >= 0.3 is 0 Å². The number of rotatable bonds is 8. The Morgan fingerprint density at radius 2 is 1.23 bits per heavy atom. The molecule has 2 unspecified atom stereocenters. The Morgan fingerprint density at radius 1 is 0.809 bits per heavy atom. The molecule has 1 fully saturated rings. The van der Waals surface area contributed by atoms with Gasteiger partial charge in [0.25, 0.3) is 5.91 Å². The zero-order valence-electron chi connectivity index (χ0n) is 28.3. The van der Waals surface area contributed by atoms with E-state index in [1.54, 1.807) is 11.8 Å². The van der Waals surface area contributed by atoms with Crippen LogP contribution < -0.4 is 21.2 Å². The first-order chi connectivity index (χ1) is 22.1. The molecule has 8 heteroatoms. The van der Waals surface area contributed by atoms with E-state index in [9.17, 15) is 9.59 Å². The number of nitrogens with zero attached hydrogens (tertiary/aromatic N) is 1. The number of hydrogen-bond donors (Lipinski definition) is 1. The van der Waals surface area contributed by atoms with E-state index >= 15 is 0 Å². The summed E-state index contributed by atoms with van der Waals surface area (Å²) in [6, 6.07) is 41.6. The van der Waals surface area contributed by atoms with Crippen LogP contribution in [0.4, 0.5) is 0 Å². The molecule has 6 rings (SSSR count). The number of amides is 2. The van der Waals surface area contributed by atoms with Gasteiger partial charge in [-0.25, -0.2) is 0 Å². The third-order valence-electron chi connectivity index (χ3n) is 7.55. The van der Waals surface area contributed by atoms with Crippen LogP contribution in [0.5, 0.6) is 0 Å². The second-order valence-electron chi connectivity index (χ2n) is 10.0. The minimum Gasteiger partial charge on any atom is -0.358 e. The van der Waals surface area contributed by atoms with Crippen LogP contribution in [-0.2, 0) is 42.3 Å². The Morgan fingerprint density at radius 3 is 1.68 bits per heavy atom. The summed E-state index contributed by atoms with van der Waals surface area (Å²) in [7, 11) is 0. The smallest absolute Gasteiger partial charge is 0.253 e. The van der Waals surface area contributed by atoms with Crippen LogP contribution in [0, 0.1) is 7.43 Å². The molecule has 2 amide bonds. The maximum absolute atomic E-state index is 13.4. The molecule has 2 heterocycles. The Balaban J connectivity index is 0.00000123. The number of β-lactam (4-membered cyclic amide) rings is 1. The van der Waals surface area contributed by atoms with Crippen LogP contribution in [-0.4, -0.2) is 45.4 Å². The molecule has 1 saturated heterocycles. The summed E-state index contributed by atoms with van der Waals surface area (Å²) in [4.78, 5) is 29.0. The molecule has 0 aromatic heterocycles. The molecule has 0 bridgehead atoms. The monoisotopic (exact) mass is 758 g/mol. The van der Waals surface area contributed by atoms with Gasteiger partial charge in [-0.3, -0.25) is 14.5 Å². The van der Waals surface area contributed by atoms with Crippen LogP contribution in [0.15, 0.2) is 137 Å². The van der Waals surface area contributed by atoms with Crippen molar-refractivity contribution in [3.05, 3.63) is 140 Å². The number of nitrogens with one attached hydrogen (secondary N) is 1. The number of fused-ring (bicyclic) bond motifs is 1.